The van der Waals surface area contributed by atoms with E-state index in [4.69, 9.17) is 14.2 Å². The maximum absolute atomic E-state index is 12.9. The van der Waals surface area contributed by atoms with E-state index in [-0.39, 0.29) is 31.1 Å². The summed E-state index contributed by atoms with van der Waals surface area (Å²) in [5.41, 5.74) is 0. The number of hydrogen-bond acceptors (Lipinski definition) is 6. The molecule has 0 aliphatic carbocycles. The van der Waals surface area contributed by atoms with Crippen LogP contribution in [0.15, 0.2) is 72.9 Å². The lowest BCUT2D eigenvalue weighted by Gasteiger charge is -2.18. The van der Waals surface area contributed by atoms with Crippen LogP contribution in [-0.4, -0.2) is 37.2 Å². The highest BCUT2D eigenvalue weighted by atomic mass is 16.6. The van der Waals surface area contributed by atoms with Gasteiger partial charge in [-0.1, -0.05) is 267 Å². The van der Waals surface area contributed by atoms with Gasteiger partial charge in [0.2, 0.25) is 0 Å². The Hall–Kier alpha value is -3.15. The Morgan fingerprint density at radius 2 is 0.549 bits per heavy atom. The fraction of sp³-hybridized carbons (Fsp3) is 0.769. The van der Waals surface area contributed by atoms with E-state index in [1.165, 1.54) is 173 Å². The van der Waals surface area contributed by atoms with Crippen LogP contribution < -0.4 is 0 Å². The van der Waals surface area contributed by atoms with Crippen molar-refractivity contribution in [2.45, 2.75) is 309 Å². The van der Waals surface area contributed by atoms with Gasteiger partial charge in [0.15, 0.2) is 6.10 Å². The fourth-order valence-electron chi connectivity index (χ4n) is 8.64. The summed E-state index contributed by atoms with van der Waals surface area (Å²) in [6, 6.07) is 0. The van der Waals surface area contributed by atoms with E-state index in [1.807, 2.05) is 0 Å². The van der Waals surface area contributed by atoms with Crippen LogP contribution in [0.4, 0.5) is 0 Å². The van der Waals surface area contributed by atoms with E-state index in [0.29, 0.717) is 19.3 Å². The monoisotopic (exact) mass is 991 g/mol. The summed E-state index contributed by atoms with van der Waals surface area (Å²) >= 11 is 0. The van der Waals surface area contributed by atoms with Crippen molar-refractivity contribution >= 4 is 17.9 Å². The first-order valence-corrected chi connectivity index (χ1v) is 30.4. The Morgan fingerprint density at radius 3 is 0.915 bits per heavy atom. The summed E-state index contributed by atoms with van der Waals surface area (Å²) in [7, 11) is 0. The molecule has 0 heterocycles. The molecule has 0 aromatic carbocycles. The average molecular weight is 992 g/mol. The summed E-state index contributed by atoms with van der Waals surface area (Å²) in [5, 5.41) is 0. The number of ether oxygens (including phenoxy) is 3. The van der Waals surface area contributed by atoms with Gasteiger partial charge in [-0.05, 0) is 89.9 Å². The Kier molecular flexibility index (Phi) is 56.8. The molecule has 0 aromatic rings. The van der Waals surface area contributed by atoms with Crippen LogP contribution in [-0.2, 0) is 28.6 Å². The largest absolute Gasteiger partial charge is 0.462 e. The number of esters is 3. The van der Waals surface area contributed by atoms with Gasteiger partial charge in [0, 0.05) is 19.3 Å². The van der Waals surface area contributed by atoms with E-state index >= 15 is 0 Å². The van der Waals surface area contributed by atoms with E-state index in [9.17, 15) is 14.4 Å². The molecule has 0 radical (unpaired) electrons. The molecule has 0 saturated heterocycles. The highest BCUT2D eigenvalue weighted by Crippen LogP contribution is 2.17. The molecular weight excluding hydrogens is 877 g/mol. The van der Waals surface area contributed by atoms with Crippen LogP contribution >= 0.6 is 0 Å². The molecule has 0 aromatic heterocycles. The molecule has 0 rings (SSSR count). The molecule has 1 unspecified atom stereocenters. The van der Waals surface area contributed by atoms with Crippen LogP contribution in [0.3, 0.4) is 0 Å². The molecule has 0 aliphatic rings. The third-order valence-electron chi connectivity index (χ3n) is 13.2. The number of carbonyl (C=O) groups is 3. The standard InChI is InChI=1S/C65H114O6/c1-4-7-10-13-16-19-22-25-28-30-32-34-37-40-43-46-49-52-55-58-64(67)70-61-62(60-69-63(66)57-54-51-48-45-42-39-36-27-24-21-18-15-12-9-6-3)71-65(68)59-56-53-50-47-44-41-38-35-33-31-29-26-23-20-17-14-11-8-5-2/h9,12,16,18-19,21,25,27-28,36,42,45,62H,4-8,10-11,13-15,17,20,22-24,26,29-35,37-41,43-44,46-61H2,1-3H3/b12-9-,19-16-,21-18-,28-25-,36-27-,45-42-. The smallest absolute Gasteiger partial charge is 0.306 e. The number of hydrogen-bond donors (Lipinski definition) is 0. The van der Waals surface area contributed by atoms with Crippen LogP contribution in [0.5, 0.6) is 0 Å². The maximum Gasteiger partial charge on any atom is 0.306 e. The number of allylic oxidation sites excluding steroid dienone is 12. The molecular formula is C65H114O6. The molecule has 1 atom stereocenters. The van der Waals surface area contributed by atoms with Crippen molar-refractivity contribution in [2.75, 3.05) is 13.2 Å². The first-order valence-electron chi connectivity index (χ1n) is 30.4. The van der Waals surface area contributed by atoms with Crippen molar-refractivity contribution in [3.8, 4) is 0 Å². The average Bonchev–Trinajstić information content (AvgIpc) is 3.37. The molecule has 0 spiro atoms. The third kappa shape index (κ3) is 57.6. The quantitative estimate of drug-likeness (QED) is 0.0261. The zero-order chi connectivity index (χ0) is 51.4. The normalized spacial score (nSPS) is 12.5. The summed E-state index contributed by atoms with van der Waals surface area (Å²) in [6.07, 6.45) is 76.1. The molecule has 0 amide bonds. The Balaban J connectivity index is 4.39. The van der Waals surface area contributed by atoms with Crippen molar-refractivity contribution in [1.29, 1.82) is 0 Å². The summed E-state index contributed by atoms with van der Waals surface area (Å²) in [6.45, 7) is 6.50. The summed E-state index contributed by atoms with van der Waals surface area (Å²) in [4.78, 5) is 38.2. The molecule has 0 saturated carbocycles. The van der Waals surface area contributed by atoms with Gasteiger partial charge < -0.3 is 14.2 Å². The van der Waals surface area contributed by atoms with Gasteiger partial charge in [0.1, 0.15) is 13.2 Å². The zero-order valence-electron chi connectivity index (χ0n) is 47.0. The van der Waals surface area contributed by atoms with Gasteiger partial charge in [-0.3, -0.25) is 14.4 Å². The minimum Gasteiger partial charge on any atom is -0.462 e. The molecule has 6 nitrogen and oxygen atoms in total. The van der Waals surface area contributed by atoms with Gasteiger partial charge in [-0.15, -0.1) is 0 Å². The molecule has 0 aliphatic heterocycles. The fourth-order valence-corrected chi connectivity index (χ4v) is 8.64. The first-order chi connectivity index (χ1) is 35.0. The van der Waals surface area contributed by atoms with Gasteiger partial charge in [0.25, 0.3) is 0 Å². The van der Waals surface area contributed by atoms with E-state index in [1.54, 1.807) is 0 Å². The molecule has 0 fully saturated rings. The molecule has 71 heavy (non-hydrogen) atoms. The lowest BCUT2D eigenvalue weighted by atomic mass is 10.0. The van der Waals surface area contributed by atoms with Crippen molar-refractivity contribution < 1.29 is 28.6 Å². The number of unbranched alkanes of at least 4 members (excludes halogenated alkanes) is 32. The van der Waals surface area contributed by atoms with Crippen molar-refractivity contribution in [2.24, 2.45) is 0 Å². The van der Waals surface area contributed by atoms with Crippen molar-refractivity contribution in [3.63, 3.8) is 0 Å². The highest BCUT2D eigenvalue weighted by molar-refractivity contribution is 5.71. The Labute approximate surface area is 440 Å². The van der Waals surface area contributed by atoms with Gasteiger partial charge >= 0.3 is 17.9 Å². The van der Waals surface area contributed by atoms with Gasteiger partial charge in [-0.25, -0.2) is 0 Å². The van der Waals surface area contributed by atoms with Gasteiger partial charge in [0.05, 0.1) is 0 Å². The maximum atomic E-state index is 12.9. The number of rotatable bonds is 55. The van der Waals surface area contributed by atoms with Gasteiger partial charge in [-0.2, -0.15) is 0 Å². The predicted molar refractivity (Wildman–Crippen MR) is 307 cm³/mol. The lowest BCUT2D eigenvalue weighted by molar-refractivity contribution is -0.167. The lowest BCUT2D eigenvalue weighted by Crippen LogP contribution is -2.30. The topological polar surface area (TPSA) is 78.9 Å². The highest BCUT2D eigenvalue weighted by Gasteiger charge is 2.19. The second-order valence-corrected chi connectivity index (χ2v) is 20.2. The summed E-state index contributed by atoms with van der Waals surface area (Å²) < 4.78 is 16.9. The molecule has 0 bridgehead atoms. The van der Waals surface area contributed by atoms with Crippen molar-refractivity contribution in [3.05, 3.63) is 72.9 Å². The zero-order valence-corrected chi connectivity index (χ0v) is 47.0. The van der Waals surface area contributed by atoms with Crippen LogP contribution in [0.25, 0.3) is 0 Å². The van der Waals surface area contributed by atoms with E-state index < -0.39 is 6.10 Å². The first kappa shape index (κ1) is 67.8. The van der Waals surface area contributed by atoms with Crippen molar-refractivity contribution in [1.82, 2.24) is 0 Å². The van der Waals surface area contributed by atoms with Crippen LogP contribution in [0, 0.1) is 0 Å². The SMILES string of the molecule is CC/C=C\C/C=C\C/C=C\C/C=C\CCCCC(=O)OCC(COC(=O)CCCCCCCCCCC/C=C\C/C=C\CCCCC)OC(=O)CCCCCCCCCCCCCCCCCCCCC. The second-order valence-electron chi connectivity index (χ2n) is 20.2. The number of carbonyl (C=O) groups excluding carboxylic acids is 3. The van der Waals surface area contributed by atoms with Crippen LogP contribution in [0.1, 0.15) is 303 Å². The Morgan fingerprint density at radius 1 is 0.296 bits per heavy atom. The summed E-state index contributed by atoms with van der Waals surface area (Å²) in [5.74, 6) is -0.921. The molecule has 410 valence electrons. The molecule has 6 heteroatoms. The minimum atomic E-state index is -0.793. The second kappa shape index (κ2) is 59.4. The molecule has 0 N–H and O–H groups in total. The third-order valence-corrected chi connectivity index (χ3v) is 13.2. The van der Waals surface area contributed by atoms with E-state index in [2.05, 4.69) is 93.7 Å². The minimum absolute atomic E-state index is 0.0884. The Bertz CT molecular complexity index is 1320. The van der Waals surface area contributed by atoms with Crippen LogP contribution in [0.2, 0.25) is 0 Å². The van der Waals surface area contributed by atoms with E-state index in [0.717, 1.165) is 89.9 Å². The predicted octanol–water partition coefficient (Wildman–Crippen LogP) is 20.5.